The van der Waals surface area contributed by atoms with Crippen LogP contribution in [0, 0.1) is 0 Å². The van der Waals surface area contributed by atoms with E-state index in [2.05, 4.69) is 152 Å². The van der Waals surface area contributed by atoms with Gasteiger partial charge in [-0.2, -0.15) is 0 Å². The molecule has 72 heavy (non-hydrogen) atoms. The van der Waals surface area contributed by atoms with Gasteiger partial charge in [0.1, 0.15) is 36.2 Å². The summed E-state index contributed by atoms with van der Waals surface area (Å²) in [7, 11) is 0. The molecule has 0 N–H and O–H groups in total. The Morgan fingerprint density at radius 3 is 0.875 bits per heavy atom. The summed E-state index contributed by atoms with van der Waals surface area (Å²) in [5.41, 5.74) is 2.21. The molecule has 0 saturated carbocycles. The number of benzene rings is 7. The molecule has 0 unspecified atom stereocenters. The molecule has 14 heterocycles. The number of ether oxygens (including phenoxy) is 4. The summed E-state index contributed by atoms with van der Waals surface area (Å²) in [6.07, 6.45) is 13.7. The van der Waals surface area contributed by atoms with E-state index in [1.807, 2.05) is 0 Å². The quantitative estimate of drug-likeness (QED) is 0.107. The predicted octanol–water partition coefficient (Wildman–Crippen LogP) is 17.0. The van der Waals surface area contributed by atoms with Gasteiger partial charge in [-0.25, -0.2) is 0 Å². The van der Waals surface area contributed by atoms with Crippen LogP contribution in [0.25, 0.3) is 60.0 Å². The summed E-state index contributed by atoms with van der Waals surface area (Å²) in [4.78, 5) is 0. The Morgan fingerprint density at radius 1 is 0.278 bits per heavy atom. The molecule has 14 aliphatic rings. The van der Waals surface area contributed by atoms with Gasteiger partial charge >= 0.3 is 0 Å². The fourth-order valence-corrected chi connectivity index (χ4v) is 17.4. The predicted molar refractivity (Wildman–Crippen MR) is 325 cm³/mol. The maximum atomic E-state index is 6.62. The molecule has 0 radical (unpaired) electrons. The first kappa shape index (κ1) is 48.7. The average molecular weight is 1090 g/mol. The molecule has 0 fully saturated rings. The van der Waals surface area contributed by atoms with E-state index in [0.29, 0.717) is 26.4 Å². The largest absolute Gasteiger partial charge is 0.494 e. The minimum atomic E-state index is 0.459. The van der Waals surface area contributed by atoms with E-state index < -0.39 is 0 Å². The second-order valence-corrected chi connectivity index (χ2v) is 26.1. The number of hydrogen-bond acceptors (Lipinski definition) is 12. The SMILES string of the molecule is C1=CCCCCCOc2ccc3c(=C4SC=CS4)c4cc(ccc4c(=C4SC=CS4)c3c2)OCc2ccc(cc2)COc2ccc3c(=C4SC=CS4)c4cc(ccc4c(=C4SC=CS4)c3c2)OCCCCC1. The van der Waals surface area contributed by atoms with Gasteiger partial charge < -0.3 is 18.9 Å². The Morgan fingerprint density at radius 2 is 0.569 bits per heavy atom. The van der Waals surface area contributed by atoms with E-state index in [9.17, 15) is 0 Å². The van der Waals surface area contributed by atoms with E-state index in [1.54, 1.807) is 94.1 Å². The molecule has 14 aliphatic heterocycles. The van der Waals surface area contributed by atoms with Crippen LogP contribution in [0.2, 0.25) is 0 Å². The van der Waals surface area contributed by atoms with Crippen LogP contribution in [-0.2, 0) is 13.2 Å². The minimum Gasteiger partial charge on any atom is -0.494 e. The van der Waals surface area contributed by atoms with E-state index >= 15 is 0 Å². The van der Waals surface area contributed by atoms with E-state index in [0.717, 1.165) is 72.6 Å². The van der Waals surface area contributed by atoms with Gasteiger partial charge in [0.25, 0.3) is 0 Å². The van der Waals surface area contributed by atoms with Gasteiger partial charge in [-0.15, -0.1) is 0 Å². The van der Waals surface area contributed by atoms with Gasteiger partial charge in [-0.05, 0) is 222 Å². The van der Waals surface area contributed by atoms with Crippen LogP contribution in [0.5, 0.6) is 23.0 Å². The zero-order valence-electron chi connectivity index (χ0n) is 39.4. The van der Waals surface area contributed by atoms with E-state index in [4.69, 9.17) is 18.9 Å². The van der Waals surface area contributed by atoms with Crippen LogP contribution in [0.4, 0.5) is 0 Å². The first-order valence-electron chi connectivity index (χ1n) is 24.5. The van der Waals surface area contributed by atoms with Crippen molar-refractivity contribution in [3.8, 4) is 23.0 Å². The molecule has 0 amide bonds. The molecule has 362 valence electrons. The highest BCUT2D eigenvalue weighted by atomic mass is 32.2. The summed E-state index contributed by atoms with van der Waals surface area (Å²) in [5.74, 6) is 3.56. The zero-order valence-corrected chi connectivity index (χ0v) is 45.9. The molecule has 21 rings (SSSR count). The first-order valence-corrected chi connectivity index (χ1v) is 31.5. The Hall–Kier alpha value is -4.24. The topological polar surface area (TPSA) is 36.9 Å². The fraction of sp³-hybridized carbons (Fsp3) is 0.200. The smallest absolute Gasteiger partial charge is 0.120 e. The number of thioether (sulfide) groups is 8. The second kappa shape index (κ2) is 23.1. The van der Waals surface area contributed by atoms with Crippen molar-refractivity contribution in [2.45, 2.75) is 64.6 Å². The van der Waals surface area contributed by atoms with Crippen LogP contribution >= 0.6 is 94.1 Å². The Kier molecular flexibility index (Phi) is 15.6. The highest BCUT2D eigenvalue weighted by molar-refractivity contribution is 8.36. The third-order valence-electron chi connectivity index (χ3n) is 13.1. The van der Waals surface area contributed by atoms with Crippen molar-refractivity contribution in [2.75, 3.05) is 13.2 Å². The van der Waals surface area contributed by atoms with Gasteiger partial charge in [0, 0.05) is 20.9 Å². The molecule has 0 atom stereocenters. The molecule has 0 spiro atoms. The Bertz CT molecular complexity index is 3390. The van der Waals surface area contributed by atoms with Gasteiger partial charge in [0.05, 0.1) is 30.2 Å². The summed E-state index contributed by atoms with van der Waals surface area (Å²) in [6.45, 7) is 2.34. The lowest BCUT2D eigenvalue weighted by Gasteiger charge is -2.15. The van der Waals surface area contributed by atoms with Crippen LogP contribution in [0.3, 0.4) is 0 Å². The van der Waals surface area contributed by atoms with Crippen molar-refractivity contribution in [1.82, 2.24) is 0 Å². The molecule has 12 heteroatoms. The summed E-state index contributed by atoms with van der Waals surface area (Å²) < 4.78 is 31.4. The van der Waals surface area contributed by atoms with E-state index in [1.165, 1.54) is 93.8 Å². The van der Waals surface area contributed by atoms with E-state index in [-0.39, 0.29) is 0 Å². The van der Waals surface area contributed by atoms with Crippen molar-refractivity contribution >= 4 is 154 Å². The van der Waals surface area contributed by atoms with Crippen molar-refractivity contribution < 1.29 is 18.9 Å². The maximum absolute atomic E-state index is 6.62. The van der Waals surface area contributed by atoms with Crippen LogP contribution in [0.1, 0.15) is 62.5 Å². The Labute approximate surface area is 454 Å². The summed E-state index contributed by atoms with van der Waals surface area (Å²) in [5, 5.41) is 32.4. The molecule has 0 aromatic heterocycles. The standard InChI is InChI=1S/C60H50O4S8/c1-2-4-6-8-10-24-62-42-16-20-46-50(34-42)54(58-67-27-28-68-58)48-22-18-44(36-52(48)56(46)60-71-31-32-72-60)64-38-40-13-11-39(12-14-40)37-63-43-17-21-47-51(35-43)55(59-69-29-30-70-59)45-19-15-41(61-23-9-7-5-3-1)33-49(45)53(47)57-65-25-26-66-57/h1-2,11-22,25-36H,3-10,23-24,37-38H2. The van der Waals surface area contributed by atoms with Gasteiger partial charge in [-0.3, -0.25) is 0 Å². The molecule has 7 aromatic rings. The maximum Gasteiger partial charge on any atom is 0.120 e. The summed E-state index contributed by atoms with van der Waals surface area (Å²) >= 11 is 14.4. The average Bonchev–Trinajstić information content (AvgIpc) is 4.29. The minimum absolute atomic E-state index is 0.459. The number of hydrogen-bond donors (Lipinski definition) is 0. The highest BCUT2D eigenvalue weighted by Gasteiger charge is 2.20. The molecular weight excluding hydrogens is 1040 g/mol. The van der Waals surface area contributed by atoms with Crippen molar-refractivity contribution in [3.63, 3.8) is 0 Å². The number of rotatable bonds is 0. The lowest BCUT2D eigenvalue weighted by atomic mass is 9.98. The lowest BCUT2D eigenvalue weighted by molar-refractivity contribution is 0.303. The second-order valence-electron chi connectivity index (χ2n) is 17.8. The van der Waals surface area contributed by atoms with Crippen LogP contribution in [-0.4, -0.2) is 13.2 Å². The number of allylic oxidation sites excluding steroid dienone is 2. The first-order chi connectivity index (χ1) is 35.7. The molecule has 0 saturated heterocycles. The van der Waals surface area contributed by atoms with Gasteiger partial charge in [-0.1, -0.05) is 131 Å². The highest BCUT2D eigenvalue weighted by Crippen LogP contribution is 2.44. The third-order valence-corrected chi connectivity index (χ3v) is 21.6. The zero-order chi connectivity index (χ0) is 48.1. The molecule has 0 aliphatic carbocycles. The third kappa shape index (κ3) is 10.7. The van der Waals surface area contributed by atoms with Crippen LogP contribution < -0.4 is 39.8 Å². The normalized spacial score (nSPS) is 18.1. The summed E-state index contributed by atoms with van der Waals surface area (Å²) in [6, 6.07) is 35.4. The monoisotopic (exact) mass is 1090 g/mol. The molecule has 14 bridgehead atoms. The van der Waals surface area contributed by atoms with Gasteiger partial charge in [0.2, 0.25) is 0 Å². The molecular formula is C60H50O4S8. The Balaban J connectivity index is 0.876. The van der Waals surface area contributed by atoms with Crippen molar-refractivity contribution in [2.24, 2.45) is 0 Å². The van der Waals surface area contributed by atoms with Crippen LogP contribution in [0.15, 0.2) is 152 Å². The fourth-order valence-electron chi connectivity index (χ4n) is 9.67. The lowest BCUT2D eigenvalue weighted by Crippen LogP contribution is -2.17. The van der Waals surface area contributed by atoms with Gasteiger partial charge in [0.15, 0.2) is 0 Å². The molecule has 4 nitrogen and oxygen atoms in total. The molecule has 7 aromatic carbocycles. The van der Waals surface area contributed by atoms with Crippen molar-refractivity contribution in [1.29, 1.82) is 0 Å². The number of fused-ring (bicyclic) bond motifs is 1. The van der Waals surface area contributed by atoms with Crippen molar-refractivity contribution in [3.05, 3.63) is 184 Å².